The van der Waals surface area contributed by atoms with Crippen LogP contribution in [0.5, 0.6) is 0 Å². The second kappa shape index (κ2) is 4.57. The topological polar surface area (TPSA) is 57.6 Å². The van der Waals surface area contributed by atoms with Crippen molar-refractivity contribution in [2.24, 2.45) is 0 Å². The van der Waals surface area contributed by atoms with Crippen LogP contribution in [0.3, 0.4) is 0 Å². The maximum Gasteiger partial charge on any atom is 0.331 e. The van der Waals surface area contributed by atoms with E-state index >= 15 is 0 Å². The Hall–Kier alpha value is -1.49. The molecule has 1 amide bonds. The van der Waals surface area contributed by atoms with Crippen LogP contribution in [0.25, 0.3) is 0 Å². The summed E-state index contributed by atoms with van der Waals surface area (Å²) in [5.41, 5.74) is 0.644. The van der Waals surface area contributed by atoms with Gasteiger partial charge in [0.1, 0.15) is 0 Å². The van der Waals surface area contributed by atoms with E-state index in [1.54, 1.807) is 24.3 Å². The summed E-state index contributed by atoms with van der Waals surface area (Å²) in [5.74, 6) is -0.273. The second-order valence-corrected chi connectivity index (χ2v) is 4.45. The van der Waals surface area contributed by atoms with Crippen LogP contribution in [0.15, 0.2) is 30.3 Å². The van der Waals surface area contributed by atoms with Gasteiger partial charge in [-0.3, -0.25) is 4.79 Å². The molecule has 1 aromatic rings. The van der Waals surface area contributed by atoms with Crippen LogP contribution in [0.2, 0.25) is 0 Å². The zero-order valence-corrected chi connectivity index (χ0v) is 9.31. The lowest BCUT2D eigenvalue weighted by molar-refractivity contribution is -0.148. The fourth-order valence-electron chi connectivity index (χ4n) is 1.70. The Morgan fingerprint density at radius 3 is 2.56 bits per heavy atom. The van der Waals surface area contributed by atoms with E-state index in [0.29, 0.717) is 17.2 Å². The third-order valence-corrected chi connectivity index (χ3v) is 3.35. The van der Waals surface area contributed by atoms with Crippen molar-refractivity contribution in [1.29, 1.82) is 0 Å². The Bertz CT molecular complexity index is 407. The summed E-state index contributed by atoms with van der Waals surface area (Å²) in [7, 11) is 0. The lowest BCUT2D eigenvalue weighted by Crippen LogP contribution is -2.35. The molecule has 1 N–H and O–H groups in total. The van der Waals surface area contributed by atoms with E-state index < -0.39 is 12.0 Å². The minimum absolute atomic E-state index is 0.110. The molecule has 1 atom stereocenters. The summed E-state index contributed by atoms with van der Waals surface area (Å²) in [6, 6.07) is 7.98. The smallest absolute Gasteiger partial charge is 0.331 e. The minimum Gasteiger partial charge on any atom is -0.479 e. The average molecular weight is 237 g/mol. The van der Waals surface area contributed by atoms with Crippen LogP contribution in [0, 0.1) is 0 Å². The van der Waals surface area contributed by atoms with Crippen LogP contribution in [0.1, 0.15) is 11.6 Å². The van der Waals surface area contributed by atoms with Gasteiger partial charge in [-0.1, -0.05) is 30.3 Å². The van der Waals surface area contributed by atoms with Crippen LogP contribution in [-0.2, 0) is 9.59 Å². The average Bonchev–Trinajstić information content (AvgIpc) is 2.66. The maximum atomic E-state index is 11.5. The largest absolute Gasteiger partial charge is 0.479 e. The van der Waals surface area contributed by atoms with Crippen molar-refractivity contribution in [3.05, 3.63) is 35.9 Å². The van der Waals surface area contributed by atoms with E-state index in [0.717, 1.165) is 0 Å². The highest BCUT2D eigenvalue weighted by molar-refractivity contribution is 8.00. The summed E-state index contributed by atoms with van der Waals surface area (Å²) in [6.45, 7) is 0. The third kappa shape index (κ3) is 2.04. The Balaban J connectivity index is 2.31. The zero-order chi connectivity index (χ0) is 11.5. The van der Waals surface area contributed by atoms with E-state index in [1.165, 1.54) is 16.7 Å². The molecule has 0 radical (unpaired) electrons. The van der Waals surface area contributed by atoms with Crippen molar-refractivity contribution >= 4 is 23.6 Å². The van der Waals surface area contributed by atoms with Crippen molar-refractivity contribution in [2.75, 3.05) is 11.6 Å². The molecule has 0 aliphatic carbocycles. The van der Waals surface area contributed by atoms with Gasteiger partial charge in [0.15, 0.2) is 6.04 Å². The first kappa shape index (κ1) is 11.0. The molecule has 0 saturated carbocycles. The number of hydrogen-bond acceptors (Lipinski definition) is 3. The summed E-state index contributed by atoms with van der Waals surface area (Å²) in [4.78, 5) is 24.2. The van der Waals surface area contributed by atoms with E-state index in [2.05, 4.69) is 0 Å². The molecule has 1 aliphatic rings. The highest BCUT2D eigenvalue weighted by Crippen LogP contribution is 2.27. The fourth-order valence-corrected chi connectivity index (χ4v) is 2.62. The van der Waals surface area contributed by atoms with Crippen LogP contribution in [0.4, 0.5) is 0 Å². The first-order valence-corrected chi connectivity index (χ1v) is 6.00. The highest BCUT2D eigenvalue weighted by atomic mass is 32.2. The summed E-state index contributed by atoms with van der Waals surface area (Å²) >= 11 is 1.44. The van der Waals surface area contributed by atoms with Gasteiger partial charge in [0.25, 0.3) is 0 Å². The summed E-state index contributed by atoms with van der Waals surface area (Å²) in [5, 5.41) is 9.20. The standard InChI is InChI=1S/C11H11NO3S/c13-9-6-16-7-12(9)10(11(14)15)8-4-2-1-3-5-8/h1-5,10H,6-7H2,(H,14,15). The third-order valence-electron chi connectivity index (χ3n) is 2.44. The monoisotopic (exact) mass is 237 g/mol. The number of aliphatic carboxylic acids is 1. The minimum atomic E-state index is -0.984. The molecular formula is C11H11NO3S. The molecule has 84 valence electrons. The predicted octanol–water partition coefficient (Wildman–Crippen LogP) is 1.35. The normalized spacial score (nSPS) is 17.5. The lowest BCUT2D eigenvalue weighted by atomic mass is 10.1. The van der Waals surface area contributed by atoms with Crippen LogP contribution >= 0.6 is 11.8 Å². The Morgan fingerprint density at radius 1 is 1.38 bits per heavy atom. The number of amides is 1. The molecule has 4 nitrogen and oxygen atoms in total. The lowest BCUT2D eigenvalue weighted by Gasteiger charge is -2.23. The van der Waals surface area contributed by atoms with Gasteiger partial charge in [0.05, 0.1) is 11.6 Å². The molecule has 1 saturated heterocycles. The van der Waals surface area contributed by atoms with Gasteiger partial charge in [-0.15, -0.1) is 11.8 Å². The molecule has 1 aromatic carbocycles. The number of benzene rings is 1. The highest BCUT2D eigenvalue weighted by Gasteiger charge is 2.34. The molecule has 16 heavy (non-hydrogen) atoms. The molecular weight excluding hydrogens is 226 g/mol. The van der Waals surface area contributed by atoms with Gasteiger partial charge in [0, 0.05) is 0 Å². The van der Waals surface area contributed by atoms with Crippen LogP contribution < -0.4 is 0 Å². The second-order valence-electron chi connectivity index (χ2n) is 3.49. The van der Waals surface area contributed by atoms with Gasteiger partial charge >= 0.3 is 5.97 Å². The van der Waals surface area contributed by atoms with Crippen LogP contribution in [-0.4, -0.2) is 33.5 Å². The fraction of sp³-hybridized carbons (Fsp3) is 0.273. The van der Waals surface area contributed by atoms with Gasteiger partial charge in [-0.2, -0.15) is 0 Å². The van der Waals surface area contributed by atoms with Gasteiger partial charge in [-0.05, 0) is 5.56 Å². The molecule has 1 aliphatic heterocycles. The molecule has 1 fully saturated rings. The van der Waals surface area contributed by atoms with Crippen molar-refractivity contribution in [2.45, 2.75) is 6.04 Å². The Morgan fingerprint density at radius 2 is 2.06 bits per heavy atom. The number of thioether (sulfide) groups is 1. The van der Waals surface area contributed by atoms with Gasteiger partial charge in [0.2, 0.25) is 5.91 Å². The SMILES string of the molecule is O=C(O)C(c1ccccc1)N1CSCC1=O. The first-order valence-electron chi connectivity index (χ1n) is 4.85. The quantitative estimate of drug-likeness (QED) is 0.862. The molecule has 1 unspecified atom stereocenters. The number of rotatable bonds is 3. The van der Waals surface area contributed by atoms with Gasteiger partial charge in [-0.25, -0.2) is 4.79 Å². The Kier molecular flexibility index (Phi) is 3.14. The molecule has 0 bridgehead atoms. The Labute approximate surface area is 97.3 Å². The van der Waals surface area contributed by atoms with Crippen molar-refractivity contribution in [1.82, 2.24) is 4.90 Å². The number of carbonyl (C=O) groups is 2. The number of carbonyl (C=O) groups excluding carboxylic acids is 1. The summed E-state index contributed by atoms with van der Waals surface area (Å²) in [6.07, 6.45) is 0. The van der Waals surface area contributed by atoms with Crippen molar-refractivity contribution < 1.29 is 14.7 Å². The predicted molar refractivity (Wildman–Crippen MR) is 61.0 cm³/mol. The van der Waals surface area contributed by atoms with Crippen molar-refractivity contribution in [3.8, 4) is 0 Å². The first-order chi connectivity index (χ1) is 7.70. The molecule has 5 heteroatoms. The number of carboxylic acids is 1. The van der Waals surface area contributed by atoms with Crippen molar-refractivity contribution in [3.63, 3.8) is 0 Å². The zero-order valence-electron chi connectivity index (χ0n) is 8.50. The maximum absolute atomic E-state index is 11.5. The molecule has 1 heterocycles. The van der Waals surface area contributed by atoms with E-state index in [-0.39, 0.29) is 5.91 Å². The molecule has 2 rings (SSSR count). The number of hydrogen-bond donors (Lipinski definition) is 1. The van der Waals surface area contributed by atoms with E-state index in [4.69, 9.17) is 0 Å². The number of nitrogens with zero attached hydrogens (tertiary/aromatic N) is 1. The summed E-state index contributed by atoms with van der Waals surface area (Å²) < 4.78 is 0. The molecule has 0 spiro atoms. The van der Waals surface area contributed by atoms with E-state index in [9.17, 15) is 14.7 Å². The van der Waals surface area contributed by atoms with E-state index in [1.807, 2.05) is 6.07 Å². The van der Waals surface area contributed by atoms with Gasteiger partial charge < -0.3 is 10.0 Å². The molecule has 0 aromatic heterocycles. The number of carboxylic acid groups (broad SMARTS) is 1.